The number of carbonyl (C=O) groups is 1. The molecule has 2 saturated carbocycles. The number of fused-ring (bicyclic) bond motifs is 3. The Morgan fingerprint density at radius 1 is 1.24 bits per heavy atom. The topological polar surface area (TPSA) is 91.6 Å². The maximum absolute atomic E-state index is 14.1. The average Bonchev–Trinajstić information content (AvgIpc) is 3.28. The summed E-state index contributed by atoms with van der Waals surface area (Å²) >= 11 is 1.08. The molecule has 0 bridgehead atoms. The number of amides is 1. The lowest BCUT2D eigenvalue weighted by Gasteiger charge is -2.52. The van der Waals surface area contributed by atoms with Gasteiger partial charge in [0, 0.05) is 38.7 Å². The third kappa shape index (κ3) is 2.79. The molecule has 1 aliphatic heterocycles. The number of carbonyl (C=O) groups excluding carboxylic acids is 1. The van der Waals surface area contributed by atoms with Crippen molar-refractivity contribution < 1.29 is 18.7 Å². The smallest absolute Gasteiger partial charge is 0.278 e. The third-order valence-electron chi connectivity index (χ3n) is 7.59. The second-order valence-electron chi connectivity index (χ2n) is 9.23. The molecule has 2 aliphatic carbocycles. The molecular weight excluding hydrogens is 464 g/mol. The Bertz CT molecular complexity index is 1420. The van der Waals surface area contributed by atoms with Gasteiger partial charge in [-0.2, -0.15) is 0 Å². The van der Waals surface area contributed by atoms with Gasteiger partial charge >= 0.3 is 0 Å². The van der Waals surface area contributed by atoms with Gasteiger partial charge < -0.3 is 10.0 Å². The molecule has 11 heteroatoms. The van der Waals surface area contributed by atoms with Gasteiger partial charge in [-0.3, -0.25) is 19.3 Å². The summed E-state index contributed by atoms with van der Waals surface area (Å²) in [5.74, 6) is -1.45. The van der Waals surface area contributed by atoms with E-state index in [2.05, 4.69) is 10.2 Å². The minimum Gasteiger partial charge on any atom is -0.502 e. The van der Waals surface area contributed by atoms with E-state index in [1.54, 1.807) is 16.6 Å². The van der Waals surface area contributed by atoms with Crippen molar-refractivity contribution in [1.29, 1.82) is 0 Å². The molecule has 2 fully saturated rings. The molecule has 1 N–H and O–H groups in total. The highest BCUT2D eigenvalue weighted by Gasteiger charge is 2.65. The number of hydrogen-bond acceptors (Lipinski definition) is 7. The summed E-state index contributed by atoms with van der Waals surface area (Å²) in [6.07, 6.45) is 4.51. The van der Waals surface area contributed by atoms with Gasteiger partial charge in [0.1, 0.15) is 22.3 Å². The Morgan fingerprint density at radius 2 is 2.03 bits per heavy atom. The molecule has 2 aromatic heterocycles. The highest BCUT2D eigenvalue weighted by Crippen LogP contribution is 2.61. The minimum absolute atomic E-state index is 0.0772. The number of nitrogens with zero attached hydrogens (tertiary/aromatic N) is 5. The van der Waals surface area contributed by atoms with Crippen molar-refractivity contribution in [2.75, 3.05) is 19.1 Å². The second kappa shape index (κ2) is 7.08. The Labute approximate surface area is 197 Å². The number of benzene rings is 1. The normalized spacial score (nSPS) is 25.1. The standard InChI is InChI=1S/C23H21F2N5O3S/c1-28-22(33)18-20(32)19(31)14(10-30(18)29(2)23(28)6-5-11-7-15(11)23)21-27-26-17(34-21)8-12-3-4-13(24)9-16(12)25/h3-4,9-11,15,32H,5-8H2,1-2H3/t11?,15-,23?/m0/s1. The Morgan fingerprint density at radius 3 is 2.71 bits per heavy atom. The molecule has 3 aromatic rings. The van der Waals surface area contributed by atoms with Crippen LogP contribution in [0.4, 0.5) is 8.78 Å². The van der Waals surface area contributed by atoms with Crippen LogP contribution in [-0.4, -0.2) is 50.5 Å². The quantitative estimate of drug-likeness (QED) is 0.614. The first-order valence-electron chi connectivity index (χ1n) is 11.0. The van der Waals surface area contributed by atoms with E-state index in [0.717, 1.165) is 36.7 Å². The molecule has 1 spiro atoms. The van der Waals surface area contributed by atoms with Gasteiger partial charge in [0.05, 0.1) is 5.56 Å². The van der Waals surface area contributed by atoms with Gasteiger partial charge in [0.2, 0.25) is 5.43 Å². The van der Waals surface area contributed by atoms with E-state index in [1.165, 1.54) is 18.3 Å². The van der Waals surface area contributed by atoms with Crippen LogP contribution in [0.2, 0.25) is 0 Å². The number of hydrogen-bond donors (Lipinski definition) is 1. The van der Waals surface area contributed by atoms with E-state index in [1.807, 2.05) is 12.1 Å². The van der Waals surface area contributed by atoms with E-state index in [4.69, 9.17) is 0 Å². The molecule has 8 nitrogen and oxygen atoms in total. The van der Waals surface area contributed by atoms with Gasteiger partial charge in [0.15, 0.2) is 16.5 Å². The molecular formula is C23H21F2N5O3S. The first-order chi connectivity index (χ1) is 16.2. The highest BCUT2D eigenvalue weighted by atomic mass is 32.1. The monoisotopic (exact) mass is 485 g/mol. The summed E-state index contributed by atoms with van der Waals surface area (Å²) in [6.45, 7) is 0. The zero-order chi connectivity index (χ0) is 23.9. The molecule has 3 aliphatic rings. The minimum atomic E-state index is -0.719. The van der Waals surface area contributed by atoms with Gasteiger partial charge in [-0.25, -0.2) is 8.78 Å². The van der Waals surface area contributed by atoms with Crippen LogP contribution < -0.4 is 10.4 Å². The molecule has 0 saturated heterocycles. The lowest BCUT2D eigenvalue weighted by Crippen LogP contribution is -2.68. The zero-order valence-corrected chi connectivity index (χ0v) is 19.3. The van der Waals surface area contributed by atoms with Gasteiger partial charge in [-0.05, 0) is 36.8 Å². The van der Waals surface area contributed by atoms with E-state index in [9.17, 15) is 23.5 Å². The number of aromatic hydroxyl groups is 1. The van der Waals surface area contributed by atoms with Crippen molar-refractivity contribution in [3.05, 3.63) is 62.5 Å². The van der Waals surface area contributed by atoms with Crippen LogP contribution in [0, 0.1) is 23.5 Å². The van der Waals surface area contributed by atoms with E-state index in [0.29, 0.717) is 16.8 Å². The molecule has 0 radical (unpaired) electrons. The van der Waals surface area contributed by atoms with Crippen molar-refractivity contribution in [3.63, 3.8) is 0 Å². The first-order valence-corrected chi connectivity index (χ1v) is 11.8. The third-order valence-corrected chi connectivity index (χ3v) is 8.55. The number of pyridine rings is 1. The van der Waals surface area contributed by atoms with Crippen LogP contribution in [0.15, 0.2) is 29.2 Å². The summed E-state index contributed by atoms with van der Waals surface area (Å²) in [7, 11) is 3.59. The van der Waals surface area contributed by atoms with Crippen molar-refractivity contribution in [3.8, 4) is 16.3 Å². The van der Waals surface area contributed by atoms with Crippen molar-refractivity contribution in [2.45, 2.75) is 31.3 Å². The molecule has 3 atom stereocenters. The summed E-state index contributed by atoms with van der Waals surface area (Å²) < 4.78 is 28.8. The molecule has 34 heavy (non-hydrogen) atoms. The van der Waals surface area contributed by atoms with Crippen molar-refractivity contribution >= 4 is 17.2 Å². The van der Waals surface area contributed by atoms with E-state index in [-0.39, 0.29) is 28.2 Å². The van der Waals surface area contributed by atoms with Crippen molar-refractivity contribution in [1.82, 2.24) is 19.8 Å². The second-order valence-corrected chi connectivity index (χ2v) is 10.3. The fraction of sp³-hybridized carbons (Fsp3) is 0.391. The van der Waals surface area contributed by atoms with Crippen molar-refractivity contribution in [2.24, 2.45) is 11.8 Å². The number of rotatable bonds is 3. The molecule has 2 unspecified atom stereocenters. The lowest BCUT2D eigenvalue weighted by molar-refractivity contribution is 0.0330. The van der Waals surface area contributed by atoms with Gasteiger partial charge in [-0.15, -0.1) is 10.2 Å². The van der Waals surface area contributed by atoms with Gasteiger partial charge in [0.25, 0.3) is 5.91 Å². The van der Waals surface area contributed by atoms with Crippen LogP contribution in [-0.2, 0) is 6.42 Å². The molecule has 6 rings (SSSR count). The van der Waals surface area contributed by atoms with E-state index < -0.39 is 34.4 Å². The molecule has 176 valence electrons. The van der Waals surface area contributed by atoms with Crippen LogP contribution in [0.25, 0.3) is 10.6 Å². The zero-order valence-electron chi connectivity index (χ0n) is 18.5. The summed E-state index contributed by atoms with van der Waals surface area (Å²) in [5.41, 5.74) is -0.936. The summed E-state index contributed by atoms with van der Waals surface area (Å²) in [4.78, 5) is 28.0. The first kappa shape index (κ1) is 21.2. The molecule has 1 aromatic carbocycles. The predicted octanol–water partition coefficient (Wildman–Crippen LogP) is 2.72. The number of aromatic nitrogens is 3. The SMILES string of the molecule is CN1C(=O)c2c(O)c(=O)c(-c3nnc(Cc4ccc(F)cc4F)s3)cn2N(C)C12CCC1C[C@@H]12. The Hall–Kier alpha value is -3.34. The van der Waals surface area contributed by atoms with Crippen LogP contribution in [0.5, 0.6) is 5.75 Å². The fourth-order valence-electron chi connectivity index (χ4n) is 5.71. The Kier molecular flexibility index (Phi) is 4.42. The maximum Gasteiger partial charge on any atom is 0.278 e. The summed E-state index contributed by atoms with van der Waals surface area (Å²) in [5, 5.41) is 21.5. The largest absolute Gasteiger partial charge is 0.502 e. The van der Waals surface area contributed by atoms with Gasteiger partial charge in [-0.1, -0.05) is 17.4 Å². The highest BCUT2D eigenvalue weighted by molar-refractivity contribution is 7.14. The van der Waals surface area contributed by atoms with Crippen LogP contribution >= 0.6 is 11.3 Å². The summed E-state index contributed by atoms with van der Waals surface area (Å²) in [6, 6.07) is 3.31. The number of halogens is 2. The average molecular weight is 486 g/mol. The molecule has 1 amide bonds. The fourth-order valence-corrected chi connectivity index (χ4v) is 6.58. The molecule has 3 heterocycles. The lowest BCUT2D eigenvalue weighted by atomic mass is 9.98. The predicted molar refractivity (Wildman–Crippen MR) is 120 cm³/mol. The Balaban J connectivity index is 1.41. The van der Waals surface area contributed by atoms with Crippen LogP contribution in [0.1, 0.15) is 40.3 Å². The van der Waals surface area contributed by atoms with Crippen LogP contribution in [0.3, 0.4) is 0 Å². The van der Waals surface area contributed by atoms with E-state index >= 15 is 0 Å². The maximum atomic E-state index is 14.1.